The predicted molar refractivity (Wildman–Crippen MR) is 86.6 cm³/mol. The molecule has 0 aliphatic heterocycles. The zero-order chi connectivity index (χ0) is 15.6. The molecule has 0 radical (unpaired) electrons. The summed E-state index contributed by atoms with van der Waals surface area (Å²) in [5.74, 6) is 0. The Labute approximate surface area is 131 Å². The zero-order valence-corrected chi connectivity index (χ0v) is 13.6. The molecule has 5 heteroatoms. The number of hydrogen-bond donors (Lipinski definition) is 0. The van der Waals surface area contributed by atoms with Crippen molar-refractivity contribution in [3.05, 3.63) is 67.5 Å². The second-order valence-corrected chi connectivity index (χ2v) is 5.68. The molecule has 0 amide bonds. The van der Waals surface area contributed by atoms with E-state index in [1.807, 2.05) is 37.3 Å². The number of nitrogens with zero attached hydrogens (tertiary/aromatic N) is 3. The van der Waals surface area contributed by atoms with Crippen LogP contribution in [0.2, 0.25) is 0 Å². The molecule has 21 heavy (non-hydrogen) atoms. The van der Waals surface area contributed by atoms with Gasteiger partial charge in [0.1, 0.15) is 11.6 Å². The van der Waals surface area contributed by atoms with Crippen molar-refractivity contribution in [2.24, 2.45) is 5.10 Å². The molecule has 4 nitrogen and oxygen atoms in total. The van der Waals surface area contributed by atoms with Gasteiger partial charge in [0, 0.05) is 10.2 Å². The van der Waals surface area contributed by atoms with Crippen LogP contribution in [0, 0.1) is 25.2 Å². The van der Waals surface area contributed by atoms with Crippen LogP contribution in [0.3, 0.4) is 0 Å². The number of aromatic nitrogens is 1. The van der Waals surface area contributed by atoms with Crippen LogP contribution >= 0.6 is 15.9 Å². The van der Waals surface area contributed by atoms with E-state index in [-0.39, 0.29) is 11.1 Å². The Bertz CT molecular complexity index is 811. The Balaban J connectivity index is 2.58. The standard InChI is InChI=1S/C16H14BrN3O/c1-10-8-11(2)20(16(21)15(10)9-18)19-12(3)13-4-6-14(17)7-5-13/h4-8H,1-3H3/b19-12-. The Morgan fingerprint density at radius 1 is 1.29 bits per heavy atom. The summed E-state index contributed by atoms with van der Waals surface area (Å²) < 4.78 is 2.26. The van der Waals surface area contributed by atoms with Crippen molar-refractivity contribution in [3.8, 4) is 6.07 Å². The molecule has 1 aromatic carbocycles. The molecule has 2 rings (SSSR count). The largest absolute Gasteiger partial charge is 0.289 e. The molecular formula is C16H14BrN3O. The molecule has 1 aromatic heterocycles. The highest BCUT2D eigenvalue weighted by atomic mass is 79.9. The van der Waals surface area contributed by atoms with E-state index in [9.17, 15) is 4.79 Å². The van der Waals surface area contributed by atoms with E-state index in [0.717, 1.165) is 10.0 Å². The summed E-state index contributed by atoms with van der Waals surface area (Å²) >= 11 is 3.38. The Morgan fingerprint density at radius 3 is 2.48 bits per heavy atom. The van der Waals surface area contributed by atoms with Crippen molar-refractivity contribution in [2.75, 3.05) is 0 Å². The summed E-state index contributed by atoms with van der Waals surface area (Å²) in [5.41, 5.74) is 2.75. The average Bonchev–Trinajstić information content (AvgIpc) is 2.44. The van der Waals surface area contributed by atoms with Crippen LogP contribution in [0.1, 0.15) is 29.3 Å². The summed E-state index contributed by atoms with van der Waals surface area (Å²) in [5, 5.41) is 13.4. The first kappa shape index (κ1) is 15.2. The normalized spacial score (nSPS) is 11.3. The van der Waals surface area contributed by atoms with Crippen LogP contribution in [0.5, 0.6) is 0 Å². The van der Waals surface area contributed by atoms with E-state index < -0.39 is 0 Å². The van der Waals surface area contributed by atoms with Gasteiger partial charge in [-0.2, -0.15) is 10.4 Å². The molecule has 106 valence electrons. The lowest BCUT2D eigenvalue weighted by atomic mass is 10.1. The van der Waals surface area contributed by atoms with E-state index in [1.54, 1.807) is 19.9 Å². The van der Waals surface area contributed by atoms with Gasteiger partial charge in [-0.05, 0) is 50.1 Å². The Kier molecular flexibility index (Phi) is 4.39. The molecule has 0 atom stereocenters. The first-order valence-corrected chi connectivity index (χ1v) is 7.18. The quantitative estimate of drug-likeness (QED) is 0.785. The maximum absolute atomic E-state index is 12.3. The third-order valence-corrected chi connectivity index (χ3v) is 3.71. The van der Waals surface area contributed by atoms with Crippen molar-refractivity contribution in [3.63, 3.8) is 0 Å². The minimum absolute atomic E-state index is 0.132. The van der Waals surface area contributed by atoms with Gasteiger partial charge >= 0.3 is 0 Å². The van der Waals surface area contributed by atoms with Crippen molar-refractivity contribution in [1.29, 1.82) is 5.26 Å². The van der Waals surface area contributed by atoms with E-state index in [1.165, 1.54) is 4.68 Å². The SMILES string of the molecule is C/C(=N/n1c(C)cc(C)c(C#N)c1=O)c1ccc(Br)cc1. The molecule has 0 aliphatic rings. The number of rotatable bonds is 2. The van der Waals surface area contributed by atoms with E-state index in [2.05, 4.69) is 21.0 Å². The zero-order valence-electron chi connectivity index (χ0n) is 12.0. The van der Waals surface area contributed by atoms with Gasteiger partial charge < -0.3 is 0 Å². The minimum atomic E-state index is -0.383. The van der Waals surface area contributed by atoms with Crippen molar-refractivity contribution in [1.82, 2.24) is 4.68 Å². The molecule has 0 saturated carbocycles. The maximum Gasteiger partial charge on any atom is 0.289 e. The summed E-state index contributed by atoms with van der Waals surface area (Å²) in [6.07, 6.45) is 0. The molecule has 0 unspecified atom stereocenters. The second kappa shape index (κ2) is 6.06. The van der Waals surface area contributed by atoms with Crippen LogP contribution in [0.4, 0.5) is 0 Å². The third-order valence-electron chi connectivity index (χ3n) is 3.18. The molecule has 2 aromatic rings. The van der Waals surface area contributed by atoms with E-state index >= 15 is 0 Å². The third kappa shape index (κ3) is 3.11. The molecular weight excluding hydrogens is 330 g/mol. The van der Waals surface area contributed by atoms with E-state index in [4.69, 9.17) is 5.26 Å². The molecule has 0 fully saturated rings. The predicted octanol–water partition coefficient (Wildman–Crippen LogP) is 3.37. The van der Waals surface area contributed by atoms with Crippen LogP contribution in [-0.2, 0) is 0 Å². The van der Waals surface area contributed by atoms with Crippen molar-refractivity contribution in [2.45, 2.75) is 20.8 Å². The smallest absolute Gasteiger partial charge is 0.266 e. The van der Waals surface area contributed by atoms with Gasteiger partial charge in [0.2, 0.25) is 0 Å². The van der Waals surface area contributed by atoms with Crippen LogP contribution in [-0.4, -0.2) is 10.4 Å². The topological polar surface area (TPSA) is 58.1 Å². The highest BCUT2D eigenvalue weighted by Crippen LogP contribution is 2.12. The Hall–Kier alpha value is -2.19. The van der Waals surface area contributed by atoms with E-state index in [0.29, 0.717) is 17.0 Å². The fraction of sp³-hybridized carbons (Fsp3) is 0.188. The number of nitriles is 1. The fourth-order valence-corrected chi connectivity index (χ4v) is 2.30. The van der Waals surface area contributed by atoms with Gasteiger partial charge in [0.05, 0.1) is 5.71 Å². The van der Waals surface area contributed by atoms with Gasteiger partial charge in [0.25, 0.3) is 5.56 Å². The summed E-state index contributed by atoms with van der Waals surface area (Å²) in [4.78, 5) is 12.3. The number of hydrogen-bond acceptors (Lipinski definition) is 3. The van der Waals surface area contributed by atoms with Gasteiger partial charge in [-0.3, -0.25) is 4.79 Å². The number of pyridine rings is 1. The number of aryl methyl sites for hydroxylation is 2. The summed E-state index contributed by atoms with van der Waals surface area (Å²) in [6, 6.07) is 11.4. The Morgan fingerprint density at radius 2 is 1.90 bits per heavy atom. The maximum atomic E-state index is 12.3. The summed E-state index contributed by atoms with van der Waals surface area (Å²) in [6.45, 7) is 5.39. The molecule has 0 spiro atoms. The highest BCUT2D eigenvalue weighted by molar-refractivity contribution is 9.10. The molecule has 0 saturated heterocycles. The van der Waals surface area contributed by atoms with Gasteiger partial charge in [0.15, 0.2) is 0 Å². The summed E-state index contributed by atoms with van der Waals surface area (Å²) in [7, 11) is 0. The van der Waals surface area contributed by atoms with Crippen molar-refractivity contribution >= 4 is 21.6 Å². The second-order valence-electron chi connectivity index (χ2n) is 4.76. The fourth-order valence-electron chi connectivity index (χ4n) is 2.04. The molecule has 1 heterocycles. The average molecular weight is 344 g/mol. The van der Waals surface area contributed by atoms with Gasteiger partial charge in [-0.1, -0.05) is 28.1 Å². The number of halogens is 1. The lowest BCUT2D eigenvalue weighted by molar-refractivity contribution is 0.781. The first-order valence-electron chi connectivity index (χ1n) is 6.39. The monoisotopic (exact) mass is 343 g/mol. The molecule has 0 aliphatic carbocycles. The molecule has 0 bridgehead atoms. The lowest BCUT2D eigenvalue weighted by Gasteiger charge is -2.08. The highest BCUT2D eigenvalue weighted by Gasteiger charge is 2.10. The number of benzene rings is 1. The van der Waals surface area contributed by atoms with Crippen LogP contribution < -0.4 is 5.56 Å². The lowest BCUT2D eigenvalue weighted by Crippen LogP contribution is -2.23. The molecule has 0 N–H and O–H groups in total. The van der Waals surface area contributed by atoms with Gasteiger partial charge in [-0.25, -0.2) is 4.68 Å². The van der Waals surface area contributed by atoms with Crippen molar-refractivity contribution < 1.29 is 0 Å². The first-order chi connectivity index (χ1) is 9.93. The van der Waals surface area contributed by atoms with Crippen LogP contribution in [0.15, 0.2) is 44.7 Å². The van der Waals surface area contributed by atoms with Gasteiger partial charge in [-0.15, -0.1) is 0 Å². The minimum Gasteiger partial charge on any atom is -0.266 e. The van der Waals surface area contributed by atoms with Crippen LogP contribution in [0.25, 0.3) is 0 Å².